The van der Waals surface area contributed by atoms with E-state index in [0.29, 0.717) is 11.7 Å². The van der Waals surface area contributed by atoms with Crippen molar-refractivity contribution in [3.05, 3.63) is 69.8 Å². The number of non-ortho nitro benzene ring substituents is 1. The largest absolute Gasteiger partial charge is 0.423 e. The first-order valence-corrected chi connectivity index (χ1v) is 6.54. The van der Waals surface area contributed by atoms with E-state index in [1.165, 1.54) is 24.3 Å². The number of nitrogens with zero attached hydrogens (tertiary/aromatic N) is 1. The fourth-order valence-electron chi connectivity index (χ4n) is 1.85. The highest BCUT2D eigenvalue weighted by Gasteiger charge is 2.13. The zero-order chi connectivity index (χ0) is 15.4. The molecule has 0 unspecified atom stereocenters. The van der Waals surface area contributed by atoms with Gasteiger partial charge in [-0.25, -0.2) is 4.79 Å². The SMILES string of the molecule is CC(C)c1cccc(OC(=O)c2cccc([N+](=O)[O-])c2)c1. The van der Waals surface area contributed by atoms with Gasteiger partial charge in [0.25, 0.3) is 5.69 Å². The first-order valence-electron chi connectivity index (χ1n) is 6.54. The van der Waals surface area contributed by atoms with Crippen LogP contribution in [0.4, 0.5) is 5.69 Å². The van der Waals surface area contributed by atoms with Crippen molar-refractivity contribution in [2.75, 3.05) is 0 Å². The maximum absolute atomic E-state index is 12.0. The Morgan fingerprint density at radius 3 is 2.52 bits per heavy atom. The number of nitro groups is 1. The lowest BCUT2D eigenvalue weighted by atomic mass is 10.0. The number of carbonyl (C=O) groups excluding carboxylic acids is 1. The molecule has 21 heavy (non-hydrogen) atoms. The summed E-state index contributed by atoms with van der Waals surface area (Å²) in [6, 6.07) is 12.7. The van der Waals surface area contributed by atoms with Crippen LogP contribution < -0.4 is 4.74 Å². The zero-order valence-electron chi connectivity index (χ0n) is 11.8. The molecule has 0 aliphatic rings. The van der Waals surface area contributed by atoms with Crippen LogP contribution in [0.1, 0.15) is 35.7 Å². The van der Waals surface area contributed by atoms with Gasteiger partial charge in [0, 0.05) is 12.1 Å². The van der Waals surface area contributed by atoms with Crippen LogP contribution >= 0.6 is 0 Å². The lowest BCUT2D eigenvalue weighted by Gasteiger charge is -2.08. The van der Waals surface area contributed by atoms with Crippen LogP contribution in [-0.4, -0.2) is 10.9 Å². The van der Waals surface area contributed by atoms with E-state index in [4.69, 9.17) is 4.74 Å². The molecule has 108 valence electrons. The Bertz CT molecular complexity index is 679. The molecule has 2 aromatic rings. The second-order valence-corrected chi connectivity index (χ2v) is 4.92. The molecular formula is C16H15NO4. The number of carbonyl (C=O) groups is 1. The van der Waals surface area contributed by atoms with Gasteiger partial charge < -0.3 is 4.74 Å². The summed E-state index contributed by atoms with van der Waals surface area (Å²) in [5.74, 6) is 0.138. The van der Waals surface area contributed by atoms with E-state index in [0.717, 1.165) is 5.56 Å². The van der Waals surface area contributed by atoms with E-state index in [1.807, 2.05) is 26.0 Å². The Kier molecular flexibility index (Phi) is 4.33. The van der Waals surface area contributed by atoms with Crippen LogP contribution in [-0.2, 0) is 0 Å². The summed E-state index contributed by atoms with van der Waals surface area (Å²) in [6.45, 7) is 4.09. The molecule has 0 heterocycles. The molecular weight excluding hydrogens is 270 g/mol. The van der Waals surface area contributed by atoms with Gasteiger partial charge >= 0.3 is 5.97 Å². The molecule has 5 nitrogen and oxygen atoms in total. The number of hydrogen-bond acceptors (Lipinski definition) is 4. The molecule has 0 aliphatic heterocycles. The van der Waals surface area contributed by atoms with Crippen molar-refractivity contribution in [3.63, 3.8) is 0 Å². The summed E-state index contributed by atoms with van der Waals surface area (Å²) in [5, 5.41) is 10.7. The predicted molar refractivity (Wildman–Crippen MR) is 78.6 cm³/mol. The summed E-state index contributed by atoms with van der Waals surface area (Å²) >= 11 is 0. The van der Waals surface area contributed by atoms with Crippen molar-refractivity contribution in [2.45, 2.75) is 19.8 Å². The maximum atomic E-state index is 12.0. The van der Waals surface area contributed by atoms with Gasteiger partial charge in [0.2, 0.25) is 0 Å². The Balaban J connectivity index is 2.20. The average molecular weight is 285 g/mol. The third-order valence-corrected chi connectivity index (χ3v) is 3.03. The maximum Gasteiger partial charge on any atom is 0.343 e. The van der Waals surface area contributed by atoms with Gasteiger partial charge in [-0.1, -0.05) is 32.0 Å². The fraction of sp³-hybridized carbons (Fsp3) is 0.188. The molecule has 0 saturated carbocycles. The number of rotatable bonds is 4. The van der Waals surface area contributed by atoms with E-state index in [9.17, 15) is 14.9 Å². The van der Waals surface area contributed by atoms with Crippen LogP contribution in [0.5, 0.6) is 5.75 Å². The van der Waals surface area contributed by atoms with Crippen LogP contribution in [0.2, 0.25) is 0 Å². The third kappa shape index (κ3) is 3.66. The van der Waals surface area contributed by atoms with E-state index < -0.39 is 10.9 Å². The van der Waals surface area contributed by atoms with Crippen LogP contribution in [0.25, 0.3) is 0 Å². The molecule has 0 radical (unpaired) electrons. The van der Waals surface area contributed by atoms with Gasteiger partial charge in [-0.3, -0.25) is 10.1 Å². The summed E-state index contributed by atoms with van der Waals surface area (Å²) in [6.07, 6.45) is 0. The van der Waals surface area contributed by atoms with Crippen LogP contribution in [0.15, 0.2) is 48.5 Å². The highest BCUT2D eigenvalue weighted by atomic mass is 16.6. The summed E-state index contributed by atoms with van der Waals surface area (Å²) in [5.41, 5.74) is 1.07. The topological polar surface area (TPSA) is 69.4 Å². The quantitative estimate of drug-likeness (QED) is 0.369. The van der Waals surface area contributed by atoms with Crippen molar-refractivity contribution in [2.24, 2.45) is 0 Å². The average Bonchev–Trinajstić information content (AvgIpc) is 2.47. The standard InChI is InChI=1S/C16H15NO4/c1-11(2)12-5-4-8-15(10-12)21-16(18)13-6-3-7-14(9-13)17(19)20/h3-11H,1-2H3. The number of benzene rings is 2. The van der Waals surface area contributed by atoms with Crippen LogP contribution in [0, 0.1) is 10.1 Å². The van der Waals surface area contributed by atoms with Crippen molar-refractivity contribution >= 4 is 11.7 Å². The molecule has 0 amide bonds. The van der Waals surface area contributed by atoms with Gasteiger partial charge in [-0.05, 0) is 29.7 Å². The summed E-state index contributed by atoms with van der Waals surface area (Å²) < 4.78 is 5.26. The highest BCUT2D eigenvalue weighted by Crippen LogP contribution is 2.21. The number of esters is 1. The molecule has 0 spiro atoms. The zero-order valence-corrected chi connectivity index (χ0v) is 11.8. The molecule has 0 aromatic heterocycles. The molecule has 5 heteroatoms. The first-order chi connectivity index (χ1) is 9.97. The molecule has 2 rings (SSSR count). The Morgan fingerprint density at radius 2 is 1.86 bits per heavy atom. The molecule has 0 N–H and O–H groups in total. The number of ether oxygens (including phenoxy) is 1. The first kappa shape index (κ1) is 14.7. The second kappa shape index (κ2) is 6.17. The predicted octanol–water partition coefficient (Wildman–Crippen LogP) is 3.94. The highest BCUT2D eigenvalue weighted by molar-refractivity contribution is 5.91. The Labute approximate surface area is 122 Å². The number of hydrogen-bond donors (Lipinski definition) is 0. The van der Waals surface area contributed by atoms with Gasteiger partial charge in [0.05, 0.1) is 10.5 Å². The van der Waals surface area contributed by atoms with Gasteiger partial charge in [0.1, 0.15) is 5.75 Å². The van der Waals surface area contributed by atoms with Crippen LogP contribution in [0.3, 0.4) is 0 Å². The van der Waals surface area contributed by atoms with Crippen molar-refractivity contribution < 1.29 is 14.5 Å². The normalized spacial score (nSPS) is 10.4. The van der Waals surface area contributed by atoms with Crippen molar-refractivity contribution in [1.82, 2.24) is 0 Å². The second-order valence-electron chi connectivity index (χ2n) is 4.92. The van der Waals surface area contributed by atoms with Crippen molar-refractivity contribution in [3.8, 4) is 5.75 Å². The van der Waals surface area contributed by atoms with E-state index >= 15 is 0 Å². The van der Waals surface area contributed by atoms with Gasteiger partial charge in [-0.2, -0.15) is 0 Å². The summed E-state index contributed by atoms with van der Waals surface area (Å²) in [7, 11) is 0. The molecule has 2 aromatic carbocycles. The lowest BCUT2D eigenvalue weighted by Crippen LogP contribution is -2.09. The molecule has 0 saturated heterocycles. The van der Waals surface area contributed by atoms with E-state index in [2.05, 4.69) is 0 Å². The third-order valence-electron chi connectivity index (χ3n) is 3.03. The molecule has 0 aliphatic carbocycles. The lowest BCUT2D eigenvalue weighted by molar-refractivity contribution is -0.384. The monoisotopic (exact) mass is 285 g/mol. The molecule has 0 fully saturated rings. The minimum atomic E-state index is -0.611. The summed E-state index contributed by atoms with van der Waals surface area (Å²) in [4.78, 5) is 22.2. The Morgan fingerprint density at radius 1 is 1.14 bits per heavy atom. The fourth-order valence-corrected chi connectivity index (χ4v) is 1.85. The smallest absolute Gasteiger partial charge is 0.343 e. The van der Waals surface area contributed by atoms with E-state index in [-0.39, 0.29) is 11.3 Å². The van der Waals surface area contributed by atoms with E-state index in [1.54, 1.807) is 12.1 Å². The molecule has 0 bridgehead atoms. The van der Waals surface area contributed by atoms with Gasteiger partial charge in [0.15, 0.2) is 0 Å². The molecule has 0 atom stereocenters. The number of nitro benzene ring substituents is 1. The van der Waals surface area contributed by atoms with Gasteiger partial charge in [-0.15, -0.1) is 0 Å². The Hall–Kier alpha value is -2.69. The minimum Gasteiger partial charge on any atom is -0.423 e. The minimum absolute atomic E-state index is 0.139. The van der Waals surface area contributed by atoms with Crippen molar-refractivity contribution in [1.29, 1.82) is 0 Å².